The van der Waals surface area contributed by atoms with E-state index in [0.717, 1.165) is 5.56 Å². The predicted molar refractivity (Wildman–Crippen MR) is 84.9 cm³/mol. The molecule has 0 aliphatic heterocycles. The predicted octanol–water partition coefficient (Wildman–Crippen LogP) is 2.51. The number of halogens is 1. The molecule has 0 bridgehead atoms. The number of carbonyl (C=O) groups is 1. The Labute approximate surface area is 135 Å². The van der Waals surface area contributed by atoms with Gasteiger partial charge in [0.1, 0.15) is 5.69 Å². The number of hydrogen-bond donors (Lipinski definition) is 2. The van der Waals surface area contributed by atoms with Crippen LogP contribution in [0.2, 0.25) is 0 Å². The van der Waals surface area contributed by atoms with Gasteiger partial charge in [-0.1, -0.05) is 30.3 Å². The Hall–Kier alpha value is -3.55. The van der Waals surface area contributed by atoms with E-state index in [1.54, 1.807) is 0 Å². The molecule has 0 atom stereocenters. The zero-order valence-electron chi connectivity index (χ0n) is 12.3. The molecule has 7 nitrogen and oxygen atoms in total. The highest BCUT2D eigenvalue weighted by Gasteiger charge is 2.16. The third-order valence-corrected chi connectivity index (χ3v) is 3.46. The lowest BCUT2D eigenvalue weighted by Gasteiger charge is -2.06. The molecule has 4 aromatic rings. The molecule has 118 valence electrons. The minimum absolute atomic E-state index is 0.0817. The fourth-order valence-electron chi connectivity index (χ4n) is 2.30. The minimum Gasteiger partial charge on any atom is -0.303 e. The first kappa shape index (κ1) is 14.1. The van der Waals surface area contributed by atoms with E-state index >= 15 is 0 Å². The molecule has 2 N–H and O–H groups in total. The average molecular weight is 322 g/mol. The largest absolute Gasteiger partial charge is 0.303 e. The molecule has 0 aliphatic carbocycles. The summed E-state index contributed by atoms with van der Waals surface area (Å²) in [5.74, 6) is -0.768. The van der Waals surface area contributed by atoms with Gasteiger partial charge in [0.05, 0.1) is 0 Å². The number of hydrogen-bond acceptors (Lipinski definition) is 4. The van der Waals surface area contributed by atoms with Crippen LogP contribution in [-0.2, 0) is 0 Å². The van der Waals surface area contributed by atoms with Crippen molar-refractivity contribution in [2.45, 2.75) is 0 Å². The highest BCUT2D eigenvalue weighted by molar-refractivity contribution is 6.02. The van der Waals surface area contributed by atoms with Crippen LogP contribution in [0.3, 0.4) is 0 Å². The van der Waals surface area contributed by atoms with Gasteiger partial charge in [-0.05, 0) is 18.2 Å². The average Bonchev–Trinajstić information content (AvgIpc) is 3.27. The SMILES string of the molecule is O=C(Nc1c(F)ccc2nc(-c3ccccc3)nn12)c1ccn[nH]1. The van der Waals surface area contributed by atoms with E-state index in [9.17, 15) is 9.18 Å². The quantitative estimate of drug-likeness (QED) is 0.606. The lowest BCUT2D eigenvalue weighted by Crippen LogP contribution is -2.16. The van der Waals surface area contributed by atoms with Gasteiger partial charge in [0.15, 0.2) is 23.1 Å². The molecule has 1 amide bonds. The van der Waals surface area contributed by atoms with Gasteiger partial charge in [-0.15, -0.1) is 5.10 Å². The number of aromatic nitrogens is 5. The molecule has 3 aromatic heterocycles. The van der Waals surface area contributed by atoms with Gasteiger partial charge in [-0.2, -0.15) is 9.61 Å². The number of carbonyl (C=O) groups excluding carboxylic acids is 1. The van der Waals surface area contributed by atoms with Crippen LogP contribution in [0.15, 0.2) is 54.7 Å². The van der Waals surface area contributed by atoms with Crippen LogP contribution in [0, 0.1) is 5.82 Å². The summed E-state index contributed by atoms with van der Waals surface area (Å²) in [6.45, 7) is 0. The second kappa shape index (κ2) is 5.58. The molecule has 0 unspecified atom stereocenters. The van der Waals surface area contributed by atoms with Crippen LogP contribution < -0.4 is 5.32 Å². The standard InChI is InChI=1S/C16H11FN6O/c17-11-6-7-13-19-14(10-4-2-1-3-5-10)22-23(13)15(11)20-16(24)12-8-9-18-21-12/h1-9H,(H,18,21)(H,20,24). The van der Waals surface area contributed by atoms with E-state index in [4.69, 9.17) is 0 Å². The maximum absolute atomic E-state index is 14.2. The smallest absolute Gasteiger partial charge is 0.274 e. The van der Waals surface area contributed by atoms with Crippen LogP contribution in [-0.4, -0.2) is 30.7 Å². The van der Waals surface area contributed by atoms with Gasteiger partial charge in [-0.25, -0.2) is 9.37 Å². The number of benzene rings is 1. The summed E-state index contributed by atoms with van der Waals surface area (Å²) in [5.41, 5.74) is 1.44. The van der Waals surface area contributed by atoms with E-state index in [1.807, 2.05) is 30.3 Å². The van der Waals surface area contributed by atoms with Gasteiger partial charge in [-0.3, -0.25) is 9.89 Å². The zero-order chi connectivity index (χ0) is 16.5. The molecule has 0 spiro atoms. The molecule has 24 heavy (non-hydrogen) atoms. The van der Waals surface area contributed by atoms with Crippen LogP contribution in [0.4, 0.5) is 10.2 Å². The van der Waals surface area contributed by atoms with Crippen molar-refractivity contribution in [2.24, 2.45) is 0 Å². The maximum Gasteiger partial charge on any atom is 0.274 e. The summed E-state index contributed by atoms with van der Waals surface area (Å²) < 4.78 is 15.5. The number of nitrogens with one attached hydrogen (secondary N) is 2. The number of anilines is 1. The molecular weight excluding hydrogens is 311 g/mol. The number of amides is 1. The summed E-state index contributed by atoms with van der Waals surface area (Å²) in [6.07, 6.45) is 1.44. The van der Waals surface area contributed by atoms with Crippen LogP contribution in [0.5, 0.6) is 0 Å². The van der Waals surface area contributed by atoms with Gasteiger partial charge >= 0.3 is 0 Å². The van der Waals surface area contributed by atoms with Crippen molar-refractivity contribution in [3.05, 3.63) is 66.2 Å². The number of fused-ring (bicyclic) bond motifs is 1. The Balaban J connectivity index is 1.78. The number of rotatable bonds is 3. The third-order valence-electron chi connectivity index (χ3n) is 3.46. The number of aromatic amines is 1. The normalized spacial score (nSPS) is 10.9. The monoisotopic (exact) mass is 322 g/mol. The van der Waals surface area contributed by atoms with Crippen LogP contribution >= 0.6 is 0 Å². The summed E-state index contributed by atoms with van der Waals surface area (Å²) >= 11 is 0. The van der Waals surface area contributed by atoms with Crippen molar-refractivity contribution in [1.29, 1.82) is 0 Å². The van der Waals surface area contributed by atoms with Crippen LogP contribution in [0.1, 0.15) is 10.5 Å². The van der Waals surface area contributed by atoms with Crippen molar-refractivity contribution in [2.75, 3.05) is 5.32 Å². The fourth-order valence-corrected chi connectivity index (χ4v) is 2.30. The van der Waals surface area contributed by atoms with E-state index < -0.39 is 11.7 Å². The molecule has 0 saturated carbocycles. The number of H-pyrrole nitrogens is 1. The fraction of sp³-hybridized carbons (Fsp3) is 0. The molecule has 4 rings (SSSR count). The summed E-state index contributed by atoms with van der Waals surface area (Å²) in [7, 11) is 0. The Morgan fingerprint density at radius 1 is 1.12 bits per heavy atom. The molecule has 0 saturated heterocycles. The molecule has 0 fully saturated rings. The highest BCUT2D eigenvalue weighted by atomic mass is 19.1. The van der Waals surface area contributed by atoms with Gasteiger partial charge in [0, 0.05) is 11.8 Å². The van der Waals surface area contributed by atoms with E-state index in [-0.39, 0.29) is 11.5 Å². The minimum atomic E-state index is -0.611. The third kappa shape index (κ3) is 2.39. The highest BCUT2D eigenvalue weighted by Crippen LogP contribution is 2.21. The molecule has 0 radical (unpaired) electrons. The number of pyridine rings is 1. The topological polar surface area (TPSA) is 88.0 Å². The van der Waals surface area contributed by atoms with Gasteiger partial charge < -0.3 is 5.32 Å². The van der Waals surface area contributed by atoms with Crippen molar-refractivity contribution in [3.63, 3.8) is 0 Å². The van der Waals surface area contributed by atoms with Crippen molar-refractivity contribution >= 4 is 17.4 Å². The Kier molecular flexibility index (Phi) is 3.27. The van der Waals surface area contributed by atoms with E-state index in [1.165, 1.54) is 28.9 Å². The molecule has 1 aromatic carbocycles. The Bertz CT molecular complexity index is 1010. The summed E-state index contributed by atoms with van der Waals surface area (Å²) in [4.78, 5) is 16.5. The lowest BCUT2D eigenvalue weighted by atomic mass is 10.2. The molecule has 3 heterocycles. The van der Waals surface area contributed by atoms with E-state index in [0.29, 0.717) is 11.5 Å². The van der Waals surface area contributed by atoms with E-state index in [2.05, 4.69) is 25.6 Å². The Morgan fingerprint density at radius 2 is 1.96 bits per heavy atom. The molecule has 0 aliphatic rings. The second-order valence-corrected chi connectivity index (χ2v) is 5.03. The van der Waals surface area contributed by atoms with Crippen molar-refractivity contribution in [3.8, 4) is 11.4 Å². The van der Waals surface area contributed by atoms with Gasteiger partial charge in [0.25, 0.3) is 5.91 Å². The first-order chi connectivity index (χ1) is 11.7. The second-order valence-electron chi connectivity index (χ2n) is 5.03. The van der Waals surface area contributed by atoms with Gasteiger partial charge in [0.2, 0.25) is 0 Å². The first-order valence-electron chi connectivity index (χ1n) is 7.14. The molecule has 8 heteroatoms. The summed E-state index contributed by atoms with van der Waals surface area (Å²) in [6, 6.07) is 13.5. The first-order valence-corrected chi connectivity index (χ1v) is 7.14. The van der Waals surface area contributed by atoms with Crippen molar-refractivity contribution < 1.29 is 9.18 Å². The van der Waals surface area contributed by atoms with Crippen LogP contribution in [0.25, 0.3) is 17.0 Å². The zero-order valence-corrected chi connectivity index (χ0v) is 12.3. The number of nitrogens with zero attached hydrogens (tertiary/aromatic N) is 4. The lowest BCUT2D eigenvalue weighted by molar-refractivity contribution is 0.102. The Morgan fingerprint density at radius 3 is 2.71 bits per heavy atom. The molecular formula is C16H11FN6O. The maximum atomic E-state index is 14.2. The van der Waals surface area contributed by atoms with Crippen molar-refractivity contribution in [1.82, 2.24) is 24.8 Å². The summed E-state index contributed by atoms with van der Waals surface area (Å²) in [5, 5.41) is 13.0.